The summed E-state index contributed by atoms with van der Waals surface area (Å²) in [7, 11) is 0. The molecular formula is C13H15N. The molecule has 14 heavy (non-hydrogen) atoms. The first-order valence-corrected chi connectivity index (χ1v) is 5.27. The first-order chi connectivity index (χ1) is 6.85. The highest BCUT2D eigenvalue weighted by molar-refractivity contribution is 5.20. The van der Waals surface area contributed by atoms with Gasteiger partial charge in [-0.25, -0.2) is 6.57 Å². The first-order valence-electron chi connectivity index (χ1n) is 5.27. The summed E-state index contributed by atoms with van der Waals surface area (Å²) in [5.41, 5.74) is 1.24. The molecule has 0 saturated heterocycles. The first kappa shape index (κ1) is 9.27. The van der Waals surface area contributed by atoms with Gasteiger partial charge in [0.05, 0.1) is 6.42 Å². The Morgan fingerprint density at radius 2 is 1.79 bits per heavy atom. The summed E-state index contributed by atoms with van der Waals surface area (Å²) in [4.78, 5) is 3.86. The highest BCUT2D eigenvalue weighted by atomic mass is 14.8. The molecule has 1 fully saturated rings. The van der Waals surface area contributed by atoms with Crippen LogP contribution in [0.1, 0.15) is 31.2 Å². The Morgan fingerprint density at radius 3 is 2.36 bits per heavy atom. The molecule has 0 unspecified atom stereocenters. The van der Waals surface area contributed by atoms with Crippen LogP contribution in [-0.4, -0.2) is 5.54 Å². The second kappa shape index (κ2) is 3.84. The number of nitrogens with zero attached hydrogens (tertiary/aromatic N) is 1. The third kappa shape index (κ3) is 1.80. The van der Waals surface area contributed by atoms with E-state index >= 15 is 0 Å². The molecule has 0 heterocycles. The summed E-state index contributed by atoms with van der Waals surface area (Å²) in [6.07, 6.45) is 5.58. The van der Waals surface area contributed by atoms with Crippen LogP contribution in [-0.2, 0) is 6.42 Å². The zero-order valence-corrected chi connectivity index (χ0v) is 8.37. The molecule has 0 amide bonds. The smallest absolute Gasteiger partial charge is 0.236 e. The number of benzene rings is 1. The van der Waals surface area contributed by atoms with Gasteiger partial charge < -0.3 is 4.85 Å². The van der Waals surface area contributed by atoms with E-state index in [0.717, 1.165) is 19.3 Å². The number of rotatable bonds is 2. The average Bonchev–Trinajstić information content (AvgIpc) is 2.69. The van der Waals surface area contributed by atoms with Gasteiger partial charge in [0.15, 0.2) is 0 Å². The fourth-order valence-corrected chi connectivity index (χ4v) is 2.34. The predicted octanol–water partition coefficient (Wildman–Crippen LogP) is 3.46. The Kier molecular flexibility index (Phi) is 2.54. The largest absolute Gasteiger partial charge is 0.310 e. The Balaban J connectivity index is 2.13. The van der Waals surface area contributed by atoms with Gasteiger partial charge in [-0.15, -0.1) is 0 Å². The van der Waals surface area contributed by atoms with Crippen LogP contribution in [0, 0.1) is 6.57 Å². The molecule has 0 N–H and O–H groups in total. The van der Waals surface area contributed by atoms with Crippen LogP contribution in [0.3, 0.4) is 0 Å². The van der Waals surface area contributed by atoms with Crippen molar-refractivity contribution in [1.82, 2.24) is 0 Å². The van der Waals surface area contributed by atoms with Crippen LogP contribution in [0.15, 0.2) is 30.3 Å². The van der Waals surface area contributed by atoms with Crippen LogP contribution < -0.4 is 0 Å². The van der Waals surface area contributed by atoms with Crippen molar-refractivity contribution in [3.8, 4) is 0 Å². The van der Waals surface area contributed by atoms with E-state index in [1.165, 1.54) is 18.4 Å². The van der Waals surface area contributed by atoms with Crippen LogP contribution in [0.25, 0.3) is 4.85 Å². The van der Waals surface area contributed by atoms with E-state index in [1.54, 1.807) is 0 Å². The summed E-state index contributed by atoms with van der Waals surface area (Å²) < 4.78 is 0. The van der Waals surface area contributed by atoms with Crippen molar-refractivity contribution in [3.63, 3.8) is 0 Å². The van der Waals surface area contributed by atoms with Crippen molar-refractivity contribution in [2.24, 2.45) is 0 Å². The van der Waals surface area contributed by atoms with Crippen molar-refractivity contribution in [3.05, 3.63) is 47.3 Å². The molecule has 1 nitrogen and oxygen atoms in total. The fraction of sp³-hybridized carbons (Fsp3) is 0.462. The van der Waals surface area contributed by atoms with Crippen LogP contribution in [0.4, 0.5) is 0 Å². The third-order valence-corrected chi connectivity index (χ3v) is 3.15. The molecule has 1 aliphatic rings. The van der Waals surface area contributed by atoms with Crippen molar-refractivity contribution in [1.29, 1.82) is 0 Å². The molecule has 1 saturated carbocycles. The van der Waals surface area contributed by atoms with Gasteiger partial charge >= 0.3 is 0 Å². The topological polar surface area (TPSA) is 4.36 Å². The Bertz CT molecular complexity index is 328. The molecule has 72 valence electrons. The molecule has 1 aliphatic carbocycles. The van der Waals surface area contributed by atoms with Gasteiger partial charge in [0, 0.05) is 12.8 Å². The summed E-state index contributed by atoms with van der Waals surface area (Å²) in [5, 5.41) is 0. The Morgan fingerprint density at radius 1 is 1.14 bits per heavy atom. The van der Waals surface area contributed by atoms with E-state index in [-0.39, 0.29) is 5.54 Å². The fourth-order valence-electron chi connectivity index (χ4n) is 2.34. The van der Waals surface area contributed by atoms with Crippen molar-refractivity contribution < 1.29 is 0 Å². The normalized spacial score (nSPS) is 19.1. The monoisotopic (exact) mass is 185 g/mol. The third-order valence-electron chi connectivity index (χ3n) is 3.15. The van der Waals surface area contributed by atoms with E-state index in [0.29, 0.717) is 0 Å². The van der Waals surface area contributed by atoms with Crippen LogP contribution >= 0.6 is 0 Å². The van der Waals surface area contributed by atoms with Gasteiger partial charge in [-0.3, -0.25) is 0 Å². The van der Waals surface area contributed by atoms with Crippen molar-refractivity contribution in [2.45, 2.75) is 37.6 Å². The zero-order valence-electron chi connectivity index (χ0n) is 8.37. The standard InChI is InChI=1S/C13H15N/c1-14-13(9-5-6-10-13)11-12-7-3-2-4-8-12/h2-4,7-8H,5-6,9-11H2. The van der Waals surface area contributed by atoms with Gasteiger partial charge in [0.25, 0.3) is 0 Å². The molecule has 1 aromatic carbocycles. The lowest BCUT2D eigenvalue weighted by Crippen LogP contribution is -2.22. The Hall–Kier alpha value is -1.29. The maximum atomic E-state index is 7.32. The number of hydrogen-bond acceptors (Lipinski definition) is 0. The zero-order chi connectivity index (χ0) is 9.86. The van der Waals surface area contributed by atoms with Gasteiger partial charge in [-0.05, 0) is 18.4 Å². The van der Waals surface area contributed by atoms with E-state index in [9.17, 15) is 0 Å². The van der Waals surface area contributed by atoms with Gasteiger partial charge in [0.2, 0.25) is 5.54 Å². The maximum Gasteiger partial charge on any atom is 0.236 e. The quantitative estimate of drug-likeness (QED) is 0.621. The molecule has 1 heteroatoms. The molecule has 0 aliphatic heterocycles. The average molecular weight is 185 g/mol. The van der Waals surface area contributed by atoms with Crippen LogP contribution in [0.2, 0.25) is 0 Å². The van der Waals surface area contributed by atoms with Gasteiger partial charge in [0.1, 0.15) is 0 Å². The second-order valence-electron chi connectivity index (χ2n) is 4.21. The predicted molar refractivity (Wildman–Crippen MR) is 57.9 cm³/mol. The summed E-state index contributed by atoms with van der Waals surface area (Å²) >= 11 is 0. The maximum absolute atomic E-state index is 7.32. The van der Waals surface area contributed by atoms with Gasteiger partial charge in [-0.1, -0.05) is 30.3 Å². The van der Waals surface area contributed by atoms with E-state index in [2.05, 4.69) is 29.1 Å². The summed E-state index contributed by atoms with van der Waals surface area (Å²) in [6.45, 7) is 7.32. The molecule has 2 rings (SSSR count). The molecule has 0 bridgehead atoms. The summed E-state index contributed by atoms with van der Waals surface area (Å²) in [5.74, 6) is 0. The minimum absolute atomic E-state index is 0.0681. The van der Waals surface area contributed by atoms with Crippen molar-refractivity contribution >= 4 is 0 Å². The summed E-state index contributed by atoms with van der Waals surface area (Å²) in [6, 6.07) is 10.4. The minimum Gasteiger partial charge on any atom is -0.310 e. The highest BCUT2D eigenvalue weighted by Gasteiger charge is 2.39. The lowest BCUT2D eigenvalue weighted by Gasteiger charge is -2.15. The van der Waals surface area contributed by atoms with E-state index in [4.69, 9.17) is 6.57 Å². The van der Waals surface area contributed by atoms with Crippen molar-refractivity contribution in [2.75, 3.05) is 0 Å². The lowest BCUT2D eigenvalue weighted by molar-refractivity contribution is 0.517. The van der Waals surface area contributed by atoms with E-state index < -0.39 is 0 Å². The molecular weight excluding hydrogens is 170 g/mol. The lowest BCUT2D eigenvalue weighted by atomic mass is 9.90. The highest BCUT2D eigenvalue weighted by Crippen LogP contribution is 2.36. The SMILES string of the molecule is [C-]#[N+]C1(Cc2ccccc2)CCCC1. The molecule has 1 aromatic rings. The molecule has 0 spiro atoms. The van der Waals surface area contributed by atoms with E-state index in [1.807, 2.05) is 6.07 Å². The Labute approximate surface area is 85.6 Å². The molecule has 0 aromatic heterocycles. The second-order valence-corrected chi connectivity index (χ2v) is 4.21. The van der Waals surface area contributed by atoms with Crippen LogP contribution in [0.5, 0.6) is 0 Å². The molecule has 0 radical (unpaired) electrons. The minimum atomic E-state index is -0.0681. The number of hydrogen-bond donors (Lipinski definition) is 0. The molecule has 0 atom stereocenters. The van der Waals surface area contributed by atoms with Gasteiger partial charge in [-0.2, -0.15) is 0 Å².